The molecule has 1 aliphatic rings. The van der Waals surface area contributed by atoms with Gasteiger partial charge in [-0.1, -0.05) is 19.9 Å². The summed E-state index contributed by atoms with van der Waals surface area (Å²) in [6.07, 6.45) is 0.568. The molecule has 2 aromatic rings. The molecule has 0 amide bonds. The van der Waals surface area contributed by atoms with E-state index in [0.29, 0.717) is 45.0 Å². The highest BCUT2D eigenvalue weighted by molar-refractivity contribution is 7.85. The van der Waals surface area contributed by atoms with E-state index in [1.165, 1.54) is 24.3 Å². The van der Waals surface area contributed by atoms with E-state index in [-0.39, 0.29) is 36.1 Å². The lowest BCUT2D eigenvalue weighted by atomic mass is 9.72. The summed E-state index contributed by atoms with van der Waals surface area (Å²) in [7, 11) is -4.31. The van der Waals surface area contributed by atoms with Crippen molar-refractivity contribution in [3.8, 4) is 0 Å². The Bertz CT molecular complexity index is 1450. The molecule has 0 saturated heterocycles. The van der Waals surface area contributed by atoms with Gasteiger partial charge in [0.05, 0.1) is 73.7 Å². The summed E-state index contributed by atoms with van der Waals surface area (Å²) in [4.78, 5) is 20.4. The first-order valence-corrected chi connectivity index (χ1v) is 14.6. The molecule has 2 aromatic carbocycles. The number of nitro groups is 2. The Balaban J connectivity index is 1.30. The molecule has 1 aliphatic carbocycles. The highest BCUT2D eigenvalue weighted by atomic mass is 32.2. The first kappa shape index (κ1) is 33.0. The maximum Gasteiger partial charge on any atom is 0.294 e. The van der Waals surface area contributed by atoms with Crippen LogP contribution in [0.15, 0.2) is 52.6 Å². The van der Waals surface area contributed by atoms with Crippen LogP contribution in [0.4, 0.5) is 11.4 Å². The van der Waals surface area contributed by atoms with Gasteiger partial charge in [0, 0.05) is 29.5 Å². The van der Waals surface area contributed by atoms with E-state index in [2.05, 4.69) is 5.73 Å². The zero-order chi connectivity index (χ0) is 30.9. The van der Waals surface area contributed by atoms with Gasteiger partial charge in [-0.05, 0) is 41.3 Å². The molecule has 0 saturated carbocycles. The van der Waals surface area contributed by atoms with Gasteiger partial charge in [-0.15, -0.1) is 5.73 Å². The SMILES string of the molecule is CC1=C=C(CCOCCOCCOCCOCc2cc([N+](=O)[O-])cc([N+](=O)[O-])c2)c2ccc(S(=O)(=O)O)cc2C1(C)C. The topological polar surface area (TPSA) is 178 Å². The van der Waals surface area contributed by atoms with Crippen LogP contribution in [0.5, 0.6) is 0 Å². The lowest BCUT2D eigenvalue weighted by Gasteiger charge is -2.32. The first-order chi connectivity index (χ1) is 19.8. The molecule has 0 fully saturated rings. The predicted octanol–water partition coefficient (Wildman–Crippen LogP) is 4.63. The first-order valence-electron chi connectivity index (χ1n) is 13.1. The third-order valence-electron chi connectivity index (χ3n) is 6.83. The zero-order valence-electron chi connectivity index (χ0n) is 23.7. The van der Waals surface area contributed by atoms with Crippen molar-refractivity contribution in [1.82, 2.24) is 0 Å². The van der Waals surface area contributed by atoms with Crippen LogP contribution in [0.3, 0.4) is 0 Å². The highest BCUT2D eigenvalue weighted by Crippen LogP contribution is 2.41. The number of non-ortho nitro benzene ring substituents is 2. The Labute approximate surface area is 243 Å². The van der Waals surface area contributed by atoms with Crippen molar-refractivity contribution in [2.45, 2.75) is 44.1 Å². The van der Waals surface area contributed by atoms with Gasteiger partial charge in [0.25, 0.3) is 21.5 Å². The summed E-state index contributed by atoms with van der Waals surface area (Å²) >= 11 is 0. The Kier molecular flexibility index (Phi) is 11.5. The van der Waals surface area contributed by atoms with E-state index in [4.69, 9.17) is 18.9 Å². The summed E-state index contributed by atoms with van der Waals surface area (Å²) < 4.78 is 54.7. The second-order valence-corrected chi connectivity index (χ2v) is 11.5. The van der Waals surface area contributed by atoms with Crippen LogP contribution in [0.1, 0.15) is 43.9 Å². The molecule has 0 aromatic heterocycles. The number of ether oxygens (including phenoxy) is 4. The van der Waals surface area contributed by atoms with Gasteiger partial charge in [0.1, 0.15) is 0 Å². The maximum absolute atomic E-state index is 11.6. The lowest BCUT2D eigenvalue weighted by molar-refractivity contribution is -0.394. The molecule has 0 unspecified atom stereocenters. The van der Waals surface area contributed by atoms with Crippen LogP contribution >= 0.6 is 0 Å². The van der Waals surface area contributed by atoms with Crippen LogP contribution in [0.25, 0.3) is 5.57 Å². The van der Waals surface area contributed by atoms with Crippen LogP contribution < -0.4 is 0 Å². The third kappa shape index (κ3) is 9.00. The van der Waals surface area contributed by atoms with Crippen molar-refractivity contribution in [3.63, 3.8) is 0 Å². The minimum Gasteiger partial charge on any atom is -0.379 e. The molecule has 0 atom stereocenters. The second-order valence-electron chi connectivity index (χ2n) is 10.0. The largest absolute Gasteiger partial charge is 0.379 e. The lowest BCUT2D eigenvalue weighted by Crippen LogP contribution is -2.23. The van der Waals surface area contributed by atoms with E-state index in [1.807, 2.05) is 20.8 Å². The molecule has 0 bridgehead atoms. The molecule has 0 spiro atoms. The summed E-state index contributed by atoms with van der Waals surface area (Å²) in [6, 6.07) is 7.97. The number of rotatable bonds is 17. The van der Waals surface area contributed by atoms with Crippen molar-refractivity contribution in [1.29, 1.82) is 0 Å². The van der Waals surface area contributed by atoms with Crippen molar-refractivity contribution >= 4 is 27.1 Å². The fourth-order valence-corrected chi connectivity index (χ4v) is 4.79. The number of hydrogen-bond donors (Lipinski definition) is 1. The van der Waals surface area contributed by atoms with E-state index in [1.54, 1.807) is 6.07 Å². The van der Waals surface area contributed by atoms with Gasteiger partial charge in [-0.2, -0.15) is 8.42 Å². The average Bonchev–Trinajstić information content (AvgIpc) is 2.93. The fraction of sp³-hybridized carbons (Fsp3) is 0.464. The van der Waals surface area contributed by atoms with E-state index >= 15 is 0 Å². The molecule has 3 rings (SSSR count). The van der Waals surface area contributed by atoms with Crippen LogP contribution in [0.2, 0.25) is 0 Å². The fourth-order valence-electron chi connectivity index (χ4n) is 4.29. The number of nitro benzene ring substituents is 2. The zero-order valence-corrected chi connectivity index (χ0v) is 24.5. The second kappa shape index (κ2) is 14.6. The predicted molar refractivity (Wildman–Crippen MR) is 152 cm³/mol. The molecule has 228 valence electrons. The Morgan fingerprint density at radius 2 is 1.36 bits per heavy atom. The highest BCUT2D eigenvalue weighted by Gasteiger charge is 2.31. The quantitative estimate of drug-likeness (QED) is 0.0873. The molecule has 0 heterocycles. The van der Waals surface area contributed by atoms with Crippen molar-refractivity contribution in [2.24, 2.45) is 0 Å². The van der Waals surface area contributed by atoms with Crippen LogP contribution in [-0.4, -0.2) is 69.1 Å². The summed E-state index contributed by atoms with van der Waals surface area (Å²) in [5.41, 5.74) is 6.12. The number of hydrogen-bond acceptors (Lipinski definition) is 10. The number of nitrogens with zero attached hydrogens (tertiary/aromatic N) is 2. The van der Waals surface area contributed by atoms with Gasteiger partial charge >= 0.3 is 0 Å². The minimum atomic E-state index is -4.31. The summed E-state index contributed by atoms with van der Waals surface area (Å²) in [6.45, 7) is 8.14. The molecular weight excluding hydrogens is 572 g/mol. The van der Waals surface area contributed by atoms with Gasteiger partial charge in [0.15, 0.2) is 0 Å². The molecule has 42 heavy (non-hydrogen) atoms. The molecule has 13 nitrogen and oxygen atoms in total. The number of fused-ring (bicyclic) bond motifs is 1. The monoisotopic (exact) mass is 606 g/mol. The average molecular weight is 607 g/mol. The van der Waals surface area contributed by atoms with Crippen LogP contribution in [-0.2, 0) is 41.1 Å². The summed E-state index contributed by atoms with van der Waals surface area (Å²) in [5.74, 6) is 0. The van der Waals surface area contributed by atoms with Gasteiger partial charge in [0.2, 0.25) is 0 Å². The Hall–Kier alpha value is -3.49. The number of benzene rings is 2. The van der Waals surface area contributed by atoms with Gasteiger partial charge in [-0.25, -0.2) is 0 Å². The Morgan fingerprint density at radius 1 is 0.833 bits per heavy atom. The van der Waals surface area contributed by atoms with Gasteiger partial charge < -0.3 is 18.9 Å². The minimum absolute atomic E-state index is 0.0269. The third-order valence-corrected chi connectivity index (χ3v) is 7.68. The molecule has 0 radical (unpaired) electrons. The summed E-state index contributed by atoms with van der Waals surface area (Å²) in [5, 5.41) is 21.9. The molecule has 0 aliphatic heterocycles. The maximum atomic E-state index is 11.6. The van der Waals surface area contributed by atoms with Crippen molar-refractivity contribution in [2.75, 3.05) is 46.2 Å². The van der Waals surface area contributed by atoms with E-state index < -0.39 is 25.4 Å². The molecule has 14 heteroatoms. The Morgan fingerprint density at radius 3 is 1.88 bits per heavy atom. The normalized spacial score (nSPS) is 14.2. The standard InChI is InChI=1S/C28H34N2O11S/c1-20-14-22(26-5-4-25(42(35,36)37)18-27(26)28(20,2)3)6-7-38-8-9-39-10-11-40-12-13-41-19-21-15-23(29(31)32)17-24(16-21)30(33)34/h4-5,15-18H,6-13,19H2,1-3H3,(H,35,36,37). The smallest absolute Gasteiger partial charge is 0.294 e. The van der Waals surface area contributed by atoms with E-state index in [9.17, 15) is 33.2 Å². The molecule has 1 N–H and O–H groups in total. The van der Waals surface area contributed by atoms with Gasteiger partial charge in [-0.3, -0.25) is 24.8 Å². The van der Waals surface area contributed by atoms with Crippen molar-refractivity contribution < 1.29 is 41.8 Å². The van der Waals surface area contributed by atoms with Crippen molar-refractivity contribution in [3.05, 3.63) is 84.6 Å². The van der Waals surface area contributed by atoms with E-state index in [0.717, 1.165) is 28.3 Å². The molecular formula is C28H34N2O11S. The van der Waals surface area contributed by atoms with Crippen LogP contribution in [0, 0.1) is 20.2 Å².